The van der Waals surface area contributed by atoms with E-state index in [-0.39, 0.29) is 17.9 Å². The molecular formula is C14H17NO3. The molecule has 0 spiro atoms. The van der Waals surface area contributed by atoms with Crippen molar-refractivity contribution in [3.63, 3.8) is 0 Å². The Morgan fingerprint density at radius 2 is 2.00 bits per heavy atom. The molecule has 0 saturated heterocycles. The lowest BCUT2D eigenvalue weighted by Crippen LogP contribution is -2.34. The van der Waals surface area contributed by atoms with Gasteiger partial charge in [-0.1, -0.05) is 42.5 Å². The van der Waals surface area contributed by atoms with Gasteiger partial charge in [0.15, 0.2) is 0 Å². The molecular weight excluding hydrogens is 230 g/mol. The van der Waals surface area contributed by atoms with E-state index >= 15 is 0 Å². The first-order valence-electron chi connectivity index (χ1n) is 5.99. The molecule has 0 radical (unpaired) electrons. The molecule has 96 valence electrons. The third-order valence-electron chi connectivity index (χ3n) is 3.28. The highest BCUT2D eigenvalue weighted by Gasteiger charge is 2.30. The van der Waals surface area contributed by atoms with E-state index in [4.69, 9.17) is 0 Å². The first-order valence-corrected chi connectivity index (χ1v) is 5.99. The quantitative estimate of drug-likeness (QED) is 0.487. The first-order chi connectivity index (χ1) is 8.59. The molecule has 2 N–H and O–H groups in total. The van der Waals surface area contributed by atoms with Crippen LogP contribution in [-0.2, 0) is 4.79 Å². The van der Waals surface area contributed by atoms with Gasteiger partial charge in [0.2, 0.25) is 5.91 Å². The molecule has 3 atom stereocenters. The van der Waals surface area contributed by atoms with Gasteiger partial charge in [0.05, 0.1) is 12.1 Å². The Hall–Kier alpha value is -1.65. The average Bonchev–Trinajstić information content (AvgIpc) is 2.87. The minimum absolute atomic E-state index is 0.0774. The predicted octanol–water partition coefficient (Wildman–Crippen LogP) is 1.90. The zero-order chi connectivity index (χ0) is 13.1. The molecule has 1 aliphatic carbocycles. The molecule has 1 amide bonds. The van der Waals surface area contributed by atoms with Crippen LogP contribution in [0.4, 0.5) is 0 Å². The zero-order valence-electron chi connectivity index (χ0n) is 10.2. The summed E-state index contributed by atoms with van der Waals surface area (Å²) in [4.78, 5) is 11.1. The van der Waals surface area contributed by atoms with Crippen molar-refractivity contribution in [1.82, 2.24) is 5.06 Å². The van der Waals surface area contributed by atoms with Crippen molar-refractivity contribution in [3.05, 3.63) is 48.0 Å². The van der Waals surface area contributed by atoms with Crippen LogP contribution in [0.5, 0.6) is 0 Å². The van der Waals surface area contributed by atoms with Gasteiger partial charge in [0, 0.05) is 12.8 Å². The molecule has 0 bridgehead atoms. The normalized spacial score (nSPS) is 23.9. The standard InChI is InChI=1S/C14H17NO3/c1-10(16)15(18)13-8-7-12(9-13)14(17)11-5-3-2-4-6-11/h2-8,12-14,17-18H,9H2,1H3/t12-,13+,14?/m1/s1. The van der Waals surface area contributed by atoms with E-state index < -0.39 is 6.10 Å². The number of hydroxylamine groups is 2. The molecule has 18 heavy (non-hydrogen) atoms. The van der Waals surface area contributed by atoms with Gasteiger partial charge in [-0.05, 0) is 12.0 Å². The van der Waals surface area contributed by atoms with E-state index in [1.165, 1.54) is 6.92 Å². The average molecular weight is 247 g/mol. The van der Waals surface area contributed by atoms with Gasteiger partial charge in [-0.25, -0.2) is 5.06 Å². The van der Waals surface area contributed by atoms with E-state index in [0.29, 0.717) is 11.5 Å². The van der Waals surface area contributed by atoms with Crippen molar-refractivity contribution in [2.75, 3.05) is 0 Å². The number of carbonyl (C=O) groups is 1. The second kappa shape index (κ2) is 5.33. The molecule has 1 aromatic rings. The van der Waals surface area contributed by atoms with Gasteiger partial charge in [-0.15, -0.1) is 0 Å². The van der Waals surface area contributed by atoms with Crippen molar-refractivity contribution >= 4 is 5.91 Å². The smallest absolute Gasteiger partial charge is 0.243 e. The number of hydrogen-bond acceptors (Lipinski definition) is 3. The number of aliphatic hydroxyl groups is 1. The van der Waals surface area contributed by atoms with Crippen LogP contribution in [-0.4, -0.2) is 27.3 Å². The fourth-order valence-corrected chi connectivity index (χ4v) is 2.25. The van der Waals surface area contributed by atoms with Crippen LogP contribution in [0.1, 0.15) is 25.0 Å². The van der Waals surface area contributed by atoms with Gasteiger partial charge in [-0.3, -0.25) is 10.0 Å². The van der Waals surface area contributed by atoms with Crippen molar-refractivity contribution < 1.29 is 15.1 Å². The summed E-state index contributed by atoms with van der Waals surface area (Å²) in [7, 11) is 0. The summed E-state index contributed by atoms with van der Waals surface area (Å²) in [5.74, 6) is -0.467. The number of hydrogen-bond donors (Lipinski definition) is 2. The third kappa shape index (κ3) is 2.60. The van der Waals surface area contributed by atoms with Gasteiger partial charge in [-0.2, -0.15) is 0 Å². The van der Waals surface area contributed by atoms with Gasteiger partial charge >= 0.3 is 0 Å². The highest BCUT2D eigenvalue weighted by molar-refractivity contribution is 5.72. The van der Waals surface area contributed by atoms with Crippen LogP contribution in [0.3, 0.4) is 0 Å². The van der Waals surface area contributed by atoms with Gasteiger partial charge < -0.3 is 5.11 Å². The van der Waals surface area contributed by atoms with Gasteiger partial charge in [0.25, 0.3) is 0 Å². The Morgan fingerprint density at radius 3 is 2.61 bits per heavy atom. The van der Waals surface area contributed by atoms with Gasteiger partial charge in [0.1, 0.15) is 0 Å². The first kappa shape index (κ1) is 12.8. The van der Waals surface area contributed by atoms with Crippen LogP contribution >= 0.6 is 0 Å². The third-order valence-corrected chi connectivity index (χ3v) is 3.28. The fourth-order valence-electron chi connectivity index (χ4n) is 2.25. The van der Waals surface area contributed by atoms with E-state index in [1.807, 2.05) is 36.4 Å². The number of aliphatic hydroxyl groups excluding tert-OH is 1. The van der Waals surface area contributed by atoms with Crippen LogP contribution in [0.25, 0.3) is 0 Å². The van der Waals surface area contributed by atoms with E-state index in [1.54, 1.807) is 6.08 Å². The summed E-state index contributed by atoms with van der Waals surface area (Å²) >= 11 is 0. The maximum absolute atomic E-state index is 11.1. The maximum atomic E-state index is 11.1. The van der Waals surface area contributed by atoms with Crippen molar-refractivity contribution in [1.29, 1.82) is 0 Å². The zero-order valence-corrected chi connectivity index (χ0v) is 10.2. The summed E-state index contributed by atoms with van der Waals surface area (Å²) in [6, 6.07) is 9.05. The molecule has 0 heterocycles. The molecule has 4 heteroatoms. The predicted molar refractivity (Wildman–Crippen MR) is 66.7 cm³/mol. The number of rotatable bonds is 3. The lowest BCUT2D eigenvalue weighted by Gasteiger charge is -2.22. The fraction of sp³-hybridized carbons (Fsp3) is 0.357. The number of benzene rings is 1. The summed E-state index contributed by atoms with van der Waals surface area (Å²) in [6.07, 6.45) is 3.55. The lowest BCUT2D eigenvalue weighted by molar-refractivity contribution is -0.169. The van der Waals surface area contributed by atoms with E-state index in [0.717, 1.165) is 5.56 Å². The molecule has 0 aliphatic heterocycles. The second-order valence-corrected chi connectivity index (χ2v) is 4.57. The molecule has 0 fully saturated rings. The molecule has 1 unspecified atom stereocenters. The Bertz CT molecular complexity index is 444. The molecule has 2 rings (SSSR count). The van der Waals surface area contributed by atoms with Crippen molar-refractivity contribution in [3.8, 4) is 0 Å². The maximum Gasteiger partial charge on any atom is 0.243 e. The topological polar surface area (TPSA) is 60.8 Å². The highest BCUT2D eigenvalue weighted by Crippen LogP contribution is 2.32. The lowest BCUT2D eigenvalue weighted by atomic mass is 9.94. The van der Waals surface area contributed by atoms with Crippen LogP contribution in [0, 0.1) is 5.92 Å². The molecule has 1 aliphatic rings. The SMILES string of the molecule is CC(=O)N(O)[C@H]1C=C[C@@H](C(O)c2ccccc2)C1. The minimum Gasteiger partial charge on any atom is -0.388 e. The Balaban J connectivity index is 2.02. The summed E-state index contributed by atoms with van der Waals surface area (Å²) in [5, 5.41) is 20.5. The highest BCUT2D eigenvalue weighted by atomic mass is 16.5. The Morgan fingerprint density at radius 1 is 1.33 bits per heavy atom. The van der Waals surface area contributed by atoms with Crippen molar-refractivity contribution in [2.45, 2.75) is 25.5 Å². The van der Waals surface area contributed by atoms with Crippen LogP contribution < -0.4 is 0 Å². The Labute approximate surface area is 106 Å². The minimum atomic E-state index is -0.604. The second-order valence-electron chi connectivity index (χ2n) is 4.57. The molecule has 0 aromatic heterocycles. The van der Waals surface area contributed by atoms with Crippen molar-refractivity contribution in [2.24, 2.45) is 5.92 Å². The number of amides is 1. The van der Waals surface area contributed by atoms with Crippen LogP contribution in [0.2, 0.25) is 0 Å². The molecule has 0 saturated carbocycles. The summed E-state index contributed by atoms with van der Waals surface area (Å²) < 4.78 is 0. The monoisotopic (exact) mass is 247 g/mol. The van der Waals surface area contributed by atoms with E-state index in [2.05, 4.69) is 0 Å². The summed E-state index contributed by atoms with van der Waals surface area (Å²) in [5.41, 5.74) is 0.847. The molecule has 1 aromatic carbocycles. The Kier molecular flexibility index (Phi) is 3.79. The summed E-state index contributed by atoms with van der Waals surface area (Å²) in [6.45, 7) is 1.31. The number of nitrogens with zero attached hydrogens (tertiary/aromatic N) is 1. The molecule has 4 nitrogen and oxygen atoms in total. The van der Waals surface area contributed by atoms with Crippen LogP contribution in [0.15, 0.2) is 42.5 Å². The van der Waals surface area contributed by atoms with E-state index in [9.17, 15) is 15.1 Å². The number of carbonyl (C=O) groups excluding carboxylic acids is 1. The largest absolute Gasteiger partial charge is 0.388 e.